The standard InChI is InChI=1S/C26H39BN8O4/c1-26(2,3)18-10-8-17(9-11-18)22(36)34-20(15-16-6-12-19(13-7-16)33-25(30)31)23(37)35-21(27(38)39)5-4-14-32-24(28)29/h6-13,20-21,38-39H,4-5,14-15H2,1-3H3,(H,34,36)(H,35,37)(H4,28,29,32)(H4,30,31,33)/t20-,21-/m0/s1. The van der Waals surface area contributed by atoms with E-state index in [2.05, 4.69) is 41.4 Å². The SMILES string of the molecule is CC(C)(C)c1ccc(C(=O)N[C@@H](Cc2ccc(N=C(N)N)cc2)C(=O)N[C@@H](CCCN=C(N)N)B(O)O)cc1. The summed E-state index contributed by atoms with van der Waals surface area (Å²) in [5.74, 6) is -2.19. The Kier molecular flexibility index (Phi) is 11.3. The molecule has 0 saturated carbocycles. The molecular weight excluding hydrogens is 499 g/mol. The molecule has 39 heavy (non-hydrogen) atoms. The minimum Gasteiger partial charge on any atom is -0.426 e. The van der Waals surface area contributed by atoms with E-state index < -0.39 is 30.9 Å². The van der Waals surface area contributed by atoms with Crippen LogP contribution in [-0.2, 0) is 16.6 Å². The first-order valence-electron chi connectivity index (χ1n) is 12.6. The van der Waals surface area contributed by atoms with Crippen molar-refractivity contribution in [3.63, 3.8) is 0 Å². The highest BCUT2D eigenvalue weighted by atomic mass is 16.4. The lowest BCUT2D eigenvalue weighted by atomic mass is 9.76. The van der Waals surface area contributed by atoms with Gasteiger partial charge in [0.1, 0.15) is 6.04 Å². The predicted molar refractivity (Wildman–Crippen MR) is 154 cm³/mol. The third kappa shape index (κ3) is 10.7. The topological polar surface area (TPSA) is 227 Å². The largest absolute Gasteiger partial charge is 0.475 e. The van der Waals surface area contributed by atoms with Crippen LogP contribution >= 0.6 is 0 Å². The Morgan fingerprint density at radius 3 is 2.05 bits per heavy atom. The van der Waals surface area contributed by atoms with E-state index in [0.29, 0.717) is 17.7 Å². The molecule has 0 fully saturated rings. The number of hydrogen-bond donors (Lipinski definition) is 8. The quantitative estimate of drug-likeness (QED) is 0.0778. The van der Waals surface area contributed by atoms with E-state index in [-0.39, 0.29) is 36.7 Å². The number of aliphatic imine (C=N–C) groups is 2. The Morgan fingerprint density at radius 1 is 0.923 bits per heavy atom. The fourth-order valence-corrected chi connectivity index (χ4v) is 3.76. The Bertz CT molecular complexity index is 1150. The Labute approximate surface area is 229 Å². The molecule has 12 N–H and O–H groups in total. The lowest BCUT2D eigenvalue weighted by Crippen LogP contribution is -2.54. The minimum atomic E-state index is -1.83. The Hall–Kier alpha value is -4.10. The highest BCUT2D eigenvalue weighted by Gasteiger charge is 2.29. The van der Waals surface area contributed by atoms with E-state index in [1.807, 2.05) is 12.1 Å². The number of nitrogens with zero attached hydrogens (tertiary/aromatic N) is 2. The van der Waals surface area contributed by atoms with Crippen LogP contribution in [0.25, 0.3) is 0 Å². The molecule has 2 atom stereocenters. The van der Waals surface area contributed by atoms with Gasteiger partial charge in [-0.15, -0.1) is 0 Å². The second-order valence-corrected chi connectivity index (χ2v) is 10.2. The Morgan fingerprint density at radius 2 is 1.54 bits per heavy atom. The molecule has 0 heterocycles. The van der Waals surface area contributed by atoms with Gasteiger partial charge in [0, 0.05) is 18.5 Å². The van der Waals surface area contributed by atoms with Crippen molar-refractivity contribution in [1.29, 1.82) is 0 Å². The molecule has 0 aromatic heterocycles. The number of guanidine groups is 2. The number of nitrogens with two attached hydrogens (primary N) is 4. The molecule has 0 aliphatic rings. The number of amides is 2. The van der Waals surface area contributed by atoms with Crippen molar-refractivity contribution in [2.45, 2.75) is 57.4 Å². The molecule has 0 saturated heterocycles. The van der Waals surface area contributed by atoms with Crippen LogP contribution in [0.2, 0.25) is 0 Å². The Balaban J connectivity index is 2.24. The van der Waals surface area contributed by atoms with Gasteiger partial charge in [-0.2, -0.15) is 0 Å². The number of benzene rings is 2. The van der Waals surface area contributed by atoms with Gasteiger partial charge in [0.2, 0.25) is 5.91 Å². The zero-order valence-corrected chi connectivity index (χ0v) is 22.6. The maximum absolute atomic E-state index is 13.3. The van der Waals surface area contributed by atoms with Crippen LogP contribution in [0, 0.1) is 0 Å². The maximum Gasteiger partial charge on any atom is 0.475 e. The molecule has 0 unspecified atom stereocenters. The number of nitrogens with one attached hydrogen (secondary N) is 2. The summed E-state index contributed by atoms with van der Waals surface area (Å²) in [6, 6.07) is 13.0. The van der Waals surface area contributed by atoms with E-state index in [1.165, 1.54) is 0 Å². The number of rotatable bonds is 12. The average molecular weight is 538 g/mol. The zero-order chi connectivity index (χ0) is 29.2. The van der Waals surface area contributed by atoms with Crippen LogP contribution in [0.5, 0.6) is 0 Å². The summed E-state index contributed by atoms with van der Waals surface area (Å²) in [5, 5.41) is 25.1. The highest BCUT2D eigenvalue weighted by molar-refractivity contribution is 6.43. The van der Waals surface area contributed by atoms with E-state index in [1.54, 1.807) is 36.4 Å². The van der Waals surface area contributed by atoms with Crippen molar-refractivity contribution in [3.8, 4) is 0 Å². The molecule has 0 radical (unpaired) electrons. The lowest BCUT2D eigenvalue weighted by Gasteiger charge is -2.23. The van der Waals surface area contributed by atoms with Crippen LogP contribution in [0.4, 0.5) is 5.69 Å². The lowest BCUT2D eigenvalue weighted by molar-refractivity contribution is -0.123. The summed E-state index contributed by atoms with van der Waals surface area (Å²) in [7, 11) is -1.83. The third-order valence-electron chi connectivity index (χ3n) is 5.92. The molecule has 210 valence electrons. The summed E-state index contributed by atoms with van der Waals surface area (Å²) in [6.07, 6.45) is 0.716. The van der Waals surface area contributed by atoms with E-state index in [4.69, 9.17) is 22.9 Å². The van der Waals surface area contributed by atoms with Crippen LogP contribution in [0.15, 0.2) is 58.5 Å². The van der Waals surface area contributed by atoms with Crippen molar-refractivity contribution < 1.29 is 19.6 Å². The third-order valence-corrected chi connectivity index (χ3v) is 5.92. The molecule has 2 rings (SSSR count). The van der Waals surface area contributed by atoms with Crippen molar-refractivity contribution in [3.05, 3.63) is 65.2 Å². The van der Waals surface area contributed by atoms with Gasteiger partial charge >= 0.3 is 7.12 Å². The minimum absolute atomic E-state index is 0.0794. The molecule has 0 aliphatic carbocycles. The van der Waals surface area contributed by atoms with E-state index >= 15 is 0 Å². The van der Waals surface area contributed by atoms with Crippen molar-refractivity contribution >= 4 is 36.5 Å². The van der Waals surface area contributed by atoms with Gasteiger partial charge < -0.3 is 43.6 Å². The molecule has 2 aromatic carbocycles. The van der Waals surface area contributed by atoms with Crippen LogP contribution in [0.3, 0.4) is 0 Å². The first-order valence-corrected chi connectivity index (χ1v) is 12.6. The van der Waals surface area contributed by atoms with Gasteiger partial charge in [-0.1, -0.05) is 45.0 Å². The summed E-state index contributed by atoms with van der Waals surface area (Å²) >= 11 is 0. The van der Waals surface area contributed by atoms with Crippen LogP contribution in [0.1, 0.15) is 55.1 Å². The monoisotopic (exact) mass is 538 g/mol. The predicted octanol–water partition coefficient (Wildman–Crippen LogP) is -0.219. The summed E-state index contributed by atoms with van der Waals surface area (Å²) in [4.78, 5) is 34.2. The van der Waals surface area contributed by atoms with Crippen LogP contribution < -0.4 is 33.6 Å². The van der Waals surface area contributed by atoms with Crippen molar-refractivity contribution in [2.24, 2.45) is 32.9 Å². The molecule has 0 aliphatic heterocycles. The molecule has 2 amide bonds. The smallest absolute Gasteiger partial charge is 0.426 e. The summed E-state index contributed by atoms with van der Waals surface area (Å²) < 4.78 is 0. The van der Waals surface area contributed by atoms with Crippen molar-refractivity contribution in [1.82, 2.24) is 10.6 Å². The van der Waals surface area contributed by atoms with E-state index in [0.717, 1.165) is 11.1 Å². The fourth-order valence-electron chi connectivity index (χ4n) is 3.76. The van der Waals surface area contributed by atoms with Gasteiger partial charge in [-0.3, -0.25) is 14.6 Å². The van der Waals surface area contributed by atoms with Crippen LogP contribution in [-0.4, -0.2) is 59.4 Å². The summed E-state index contributed by atoms with van der Waals surface area (Å²) in [6.45, 7) is 6.48. The molecule has 13 heteroatoms. The molecule has 0 bridgehead atoms. The van der Waals surface area contributed by atoms with Gasteiger partial charge in [0.25, 0.3) is 5.91 Å². The zero-order valence-electron chi connectivity index (χ0n) is 22.6. The highest BCUT2D eigenvalue weighted by Crippen LogP contribution is 2.22. The molecule has 12 nitrogen and oxygen atoms in total. The molecule has 2 aromatic rings. The van der Waals surface area contributed by atoms with Gasteiger partial charge in [-0.25, -0.2) is 4.99 Å². The van der Waals surface area contributed by atoms with Gasteiger partial charge in [-0.05, 0) is 53.6 Å². The number of hydrogen-bond acceptors (Lipinski definition) is 6. The van der Waals surface area contributed by atoms with Gasteiger partial charge in [0.05, 0.1) is 11.6 Å². The first kappa shape index (κ1) is 31.1. The van der Waals surface area contributed by atoms with Crippen molar-refractivity contribution in [2.75, 3.05) is 6.54 Å². The second-order valence-electron chi connectivity index (χ2n) is 10.2. The molecule has 0 spiro atoms. The first-order chi connectivity index (χ1) is 18.3. The molecular formula is C26H39BN8O4. The summed E-state index contributed by atoms with van der Waals surface area (Å²) in [5.41, 5.74) is 24.1. The van der Waals surface area contributed by atoms with Gasteiger partial charge in [0.15, 0.2) is 11.9 Å². The number of carbonyl (C=O) groups is 2. The van der Waals surface area contributed by atoms with E-state index in [9.17, 15) is 19.6 Å². The maximum atomic E-state index is 13.3. The normalized spacial score (nSPS) is 12.5. The fraction of sp³-hybridized carbons (Fsp3) is 0.385. The number of carbonyl (C=O) groups excluding carboxylic acids is 2. The second kappa shape index (κ2) is 14.2. The average Bonchev–Trinajstić information content (AvgIpc) is 2.85.